The molecule has 0 radical (unpaired) electrons. The maximum atomic E-state index is 5.25. The molecular formula is C5H10I2O2. The van der Waals surface area contributed by atoms with Crippen molar-refractivity contribution in [1.82, 2.24) is 0 Å². The van der Waals surface area contributed by atoms with Crippen LogP contribution in [-0.2, 0) is 9.47 Å². The normalized spacial score (nSPS) is 13.7. The summed E-state index contributed by atoms with van der Waals surface area (Å²) in [4.78, 5) is 0. The van der Waals surface area contributed by atoms with Gasteiger partial charge in [0, 0.05) is 11.5 Å². The zero-order valence-corrected chi connectivity index (χ0v) is 9.59. The molecule has 56 valence electrons. The first-order valence-corrected chi connectivity index (χ1v) is 5.66. The molecule has 0 rings (SSSR count). The first-order chi connectivity index (χ1) is 4.35. The van der Waals surface area contributed by atoms with Crippen molar-refractivity contribution in [3.8, 4) is 0 Å². The number of methoxy groups -OCH3 is 1. The minimum Gasteiger partial charge on any atom is -0.355 e. The number of hydrogen-bond donors (Lipinski definition) is 0. The van der Waals surface area contributed by atoms with Crippen LogP contribution in [0.1, 0.15) is 0 Å². The average Bonchev–Trinajstić information content (AvgIpc) is 1.91. The highest BCUT2D eigenvalue weighted by molar-refractivity contribution is 14.1. The second-order valence-corrected chi connectivity index (χ2v) is 3.34. The van der Waals surface area contributed by atoms with Crippen molar-refractivity contribution in [3.63, 3.8) is 0 Å². The van der Waals surface area contributed by atoms with Crippen LogP contribution in [0.15, 0.2) is 0 Å². The van der Waals surface area contributed by atoms with Crippen LogP contribution in [0.25, 0.3) is 0 Å². The largest absolute Gasteiger partial charge is 0.355 e. The van der Waals surface area contributed by atoms with Gasteiger partial charge in [0.05, 0.1) is 11.0 Å². The van der Waals surface area contributed by atoms with Gasteiger partial charge in [-0.15, -0.1) is 0 Å². The Morgan fingerprint density at radius 3 is 2.44 bits per heavy atom. The third kappa shape index (κ3) is 5.81. The van der Waals surface area contributed by atoms with Gasteiger partial charge in [0.2, 0.25) is 0 Å². The van der Waals surface area contributed by atoms with Gasteiger partial charge in [0.15, 0.2) is 6.29 Å². The van der Waals surface area contributed by atoms with Gasteiger partial charge in [-0.3, -0.25) is 0 Å². The number of rotatable bonds is 5. The van der Waals surface area contributed by atoms with Crippen LogP contribution in [0.4, 0.5) is 0 Å². The van der Waals surface area contributed by atoms with Gasteiger partial charge in [0.1, 0.15) is 0 Å². The smallest absolute Gasteiger partial charge is 0.166 e. The average molecular weight is 356 g/mol. The van der Waals surface area contributed by atoms with E-state index in [2.05, 4.69) is 45.2 Å². The van der Waals surface area contributed by atoms with Crippen molar-refractivity contribution in [1.29, 1.82) is 0 Å². The van der Waals surface area contributed by atoms with E-state index in [-0.39, 0.29) is 6.29 Å². The van der Waals surface area contributed by atoms with Crippen LogP contribution >= 0.6 is 45.2 Å². The lowest BCUT2D eigenvalue weighted by Gasteiger charge is -2.11. The minimum atomic E-state index is -0.0136. The zero-order chi connectivity index (χ0) is 7.11. The third-order valence-electron chi connectivity index (χ3n) is 0.770. The molecular weight excluding hydrogens is 346 g/mol. The van der Waals surface area contributed by atoms with E-state index >= 15 is 0 Å². The summed E-state index contributed by atoms with van der Waals surface area (Å²) in [5.41, 5.74) is 0. The summed E-state index contributed by atoms with van der Waals surface area (Å²) >= 11 is 4.51. The summed E-state index contributed by atoms with van der Waals surface area (Å²) in [6, 6.07) is 0. The Labute approximate surface area is 82.9 Å². The van der Waals surface area contributed by atoms with Crippen LogP contribution in [0, 0.1) is 0 Å². The highest BCUT2D eigenvalue weighted by Gasteiger charge is 2.01. The maximum Gasteiger partial charge on any atom is 0.166 e. The first-order valence-electron chi connectivity index (χ1n) is 2.61. The van der Waals surface area contributed by atoms with Gasteiger partial charge >= 0.3 is 0 Å². The van der Waals surface area contributed by atoms with E-state index in [9.17, 15) is 0 Å². The molecule has 0 saturated heterocycles. The molecule has 9 heavy (non-hydrogen) atoms. The van der Waals surface area contributed by atoms with Crippen molar-refractivity contribution in [2.75, 3.05) is 22.6 Å². The summed E-state index contributed by atoms with van der Waals surface area (Å²) in [6.45, 7) is 0.780. The predicted octanol–water partition coefficient (Wildman–Crippen LogP) is 1.85. The topological polar surface area (TPSA) is 18.5 Å². The van der Waals surface area contributed by atoms with Crippen LogP contribution in [-0.4, -0.2) is 28.9 Å². The van der Waals surface area contributed by atoms with Crippen LogP contribution in [0.2, 0.25) is 0 Å². The molecule has 0 aliphatic heterocycles. The molecule has 0 fully saturated rings. The summed E-state index contributed by atoms with van der Waals surface area (Å²) in [6.07, 6.45) is -0.0136. The van der Waals surface area contributed by atoms with Crippen molar-refractivity contribution >= 4 is 45.2 Å². The van der Waals surface area contributed by atoms with Crippen LogP contribution in [0.5, 0.6) is 0 Å². The number of halogens is 2. The molecule has 0 spiro atoms. The molecule has 0 aromatic heterocycles. The molecule has 0 N–H and O–H groups in total. The summed E-state index contributed by atoms with van der Waals surface area (Å²) < 4.78 is 12.1. The van der Waals surface area contributed by atoms with Gasteiger partial charge in [-0.25, -0.2) is 0 Å². The van der Waals surface area contributed by atoms with Crippen molar-refractivity contribution < 1.29 is 9.47 Å². The molecule has 0 aromatic carbocycles. The summed E-state index contributed by atoms with van der Waals surface area (Å²) in [7, 11) is 1.66. The van der Waals surface area contributed by atoms with Gasteiger partial charge in [-0.2, -0.15) is 0 Å². The lowest BCUT2D eigenvalue weighted by Crippen LogP contribution is -2.17. The predicted molar refractivity (Wildman–Crippen MR) is 54.5 cm³/mol. The molecule has 0 bridgehead atoms. The fraction of sp³-hybridized carbons (Fsp3) is 1.00. The molecule has 1 atom stereocenters. The highest BCUT2D eigenvalue weighted by Crippen LogP contribution is 1.98. The van der Waals surface area contributed by atoms with Crippen molar-refractivity contribution in [3.05, 3.63) is 0 Å². The monoisotopic (exact) mass is 356 g/mol. The Balaban J connectivity index is 3.09. The Kier molecular flexibility index (Phi) is 8.63. The van der Waals surface area contributed by atoms with Crippen molar-refractivity contribution in [2.45, 2.75) is 6.29 Å². The molecule has 0 aliphatic rings. The Bertz CT molecular complexity index is 56.9. The van der Waals surface area contributed by atoms with Gasteiger partial charge in [-0.1, -0.05) is 45.2 Å². The molecule has 0 heterocycles. The van der Waals surface area contributed by atoms with E-state index in [0.29, 0.717) is 0 Å². The summed E-state index contributed by atoms with van der Waals surface area (Å²) in [5.74, 6) is 0. The van der Waals surface area contributed by atoms with E-state index in [0.717, 1.165) is 15.5 Å². The standard InChI is InChI=1S/C5H10I2O2/c1-8-5(4-7)9-3-2-6/h5H,2-4H2,1H3/t5-/m1/s1. The first kappa shape index (κ1) is 10.4. The molecule has 2 nitrogen and oxygen atoms in total. The zero-order valence-electron chi connectivity index (χ0n) is 5.27. The van der Waals surface area contributed by atoms with Gasteiger partial charge in [-0.05, 0) is 0 Å². The van der Waals surface area contributed by atoms with Gasteiger partial charge in [0.25, 0.3) is 0 Å². The number of ether oxygens (including phenoxy) is 2. The van der Waals surface area contributed by atoms with E-state index < -0.39 is 0 Å². The lowest BCUT2D eigenvalue weighted by atomic mass is 10.7. The molecule has 0 unspecified atom stereocenters. The second kappa shape index (κ2) is 7.49. The van der Waals surface area contributed by atoms with Crippen LogP contribution < -0.4 is 0 Å². The Morgan fingerprint density at radius 2 is 2.11 bits per heavy atom. The van der Waals surface area contributed by atoms with Crippen molar-refractivity contribution in [2.24, 2.45) is 0 Å². The molecule has 0 aliphatic carbocycles. The van der Waals surface area contributed by atoms with E-state index in [1.165, 1.54) is 0 Å². The fourth-order valence-corrected chi connectivity index (χ4v) is 1.22. The lowest BCUT2D eigenvalue weighted by molar-refractivity contribution is -0.0995. The maximum absolute atomic E-state index is 5.25. The number of hydrogen-bond acceptors (Lipinski definition) is 2. The van der Waals surface area contributed by atoms with E-state index in [1.54, 1.807) is 7.11 Å². The SMILES string of the molecule is CO[C@@H](CI)OCCI. The van der Waals surface area contributed by atoms with E-state index in [1.807, 2.05) is 0 Å². The van der Waals surface area contributed by atoms with E-state index in [4.69, 9.17) is 9.47 Å². The van der Waals surface area contributed by atoms with Crippen LogP contribution in [0.3, 0.4) is 0 Å². The quantitative estimate of drug-likeness (QED) is 0.425. The third-order valence-corrected chi connectivity index (χ3v) is 1.93. The highest BCUT2D eigenvalue weighted by atomic mass is 127. The van der Waals surface area contributed by atoms with Gasteiger partial charge < -0.3 is 9.47 Å². The minimum absolute atomic E-state index is 0.0136. The molecule has 4 heteroatoms. The second-order valence-electron chi connectivity index (χ2n) is 1.38. The fourth-order valence-electron chi connectivity index (χ4n) is 0.352. The molecule has 0 amide bonds. The Morgan fingerprint density at radius 1 is 1.44 bits per heavy atom. The summed E-state index contributed by atoms with van der Waals surface area (Å²) in [5, 5.41) is 0. The number of alkyl halides is 2. The molecule has 0 aromatic rings. The molecule has 0 saturated carbocycles. The Hall–Kier alpha value is 1.38.